The minimum Gasteiger partial charge on any atom is -0.349 e. The van der Waals surface area contributed by atoms with E-state index in [4.69, 9.17) is 0 Å². The SMILES string of the molecule is CN(C)C(=O)C1CCN(C(=O)C2CC3CC3C2)CC1. The zero-order valence-electron chi connectivity index (χ0n) is 12.0. The van der Waals surface area contributed by atoms with Gasteiger partial charge < -0.3 is 9.80 Å². The molecule has 19 heavy (non-hydrogen) atoms. The van der Waals surface area contributed by atoms with Crippen LogP contribution in [0.25, 0.3) is 0 Å². The molecule has 3 aliphatic rings. The summed E-state index contributed by atoms with van der Waals surface area (Å²) in [4.78, 5) is 28.0. The molecule has 0 aromatic rings. The molecule has 106 valence electrons. The van der Waals surface area contributed by atoms with Crippen molar-refractivity contribution in [1.29, 1.82) is 0 Å². The maximum atomic E-state index is 12.4. The molecule has 2 saturated carbocycles. The first-order valence-corrected chi connectivity index (χ1v) is 7.56. The fourth-order valence-electron chi connectivity index (χ4n) is 3.89. The first kappa shape index (κ1) is 12.9. The molecule has 4 nitrogen and oxygen atoms in total. The summed E-state index contributed by atoms with van der Waals surface area (Å²) in [7, 11) is 3.62. The van der Waals surface area contributed by atoms with Gasteiger partial charge in [0.25, 0.3) is 0 Å². The molecule has 0 aromatic carbocycles. The van der Waals surface area contributed by atoms with Crippen molar-refractivity contribution in [2.75, 3.05) is 27.2 Å². The maximum absolute atomic E-state index is 12.4. The smallest absolute Gasteiger partial charge is 0.225 e. The van der Waals surface area contributed by atoms with Gasteiger partial charge in [0.05, 0.1) is 0 Å². The van der Waals surface area contributed by atoms with Crippen LogP contribution in [0.2, 0.25) is 0 Å². The Labute approximate surface area is 115 Å². The Morgan fingerprint density at radius 1 is 0.947 bits per heavy atom. The summed E-state index contributed by atoms with van der Waals surface area (Å²) in [5.41, 5.74) is 0. The molecule has 3 fully saturated rings. The van der Waals surface area contributed by atoms with Crippen molar-refractivity contribution in [2.24, 2.45) is 23.7 Å². The van der Waals surface area contributed by atoms with E-state index in [-0.39, 0.29) is 11.8 Å². The summed E-state index contributed by atoms with van der Waals surface area (Å²) in [6, 6.07) is 0. The molecule has 0 spiro atoms. The predicted molar refractivity (Wildman–Crippen MR) is 72.3 cm³/mol. The second-order valence-electron chi connectivity index (χ2n) is 6.76. The topological polar surface area (TPSA) is 40.6 Å². The van der Waals surface area contributed by atoms with Gasteiger partial charge in [-0.3, -0.25) is 9.59 Å². The van der Waals surface area contributed by atoms with Gasteiger partial charge in [-0.2, -0.15) is 0 Å². The Morgan fingerprint density at radius 2 is 1.53 bits per heavy atom. The monoisotopic (exact) mass is 264 g/mol. The number of amides is 2. The molecule has 0 radical (unpaired) electrons. The van der Waals surface area contributed by atoms with Crippen LogP contribution in [0.1, 0.15) is 32.1 Å². The van der Waals surface area contributed by atoms with Gasteiger partial charge in [-0.1, -0.05) is 0 Å². The third-order valence-electron chi connectivity index (χ3n) is 5.19. The molecule has 1 aliphatic heterocycles. The van der Waals surface area contributed by atoms with Gasteiger partial charge in [-0.25, -0.2) is 0 Å². The Balaban J connectivity index is 1.49. The number of carbonyl (C=O) groups is 2. The van der Waals surface area contributed by atoms with Gasteiger partial charge in [-0.15, -0.1) is 0 Å². The first-order chi connectivity index (χ1) is 9.06. The number of likely N-dealkylation sites (tertiary alicyclic amines) is 1. The average molecular weight is 264 g/mol. The highest BCUT2D eigenvalue weighted by Crippen LogP contribution is 2.54. The molecular weight excluding hydrogens is 240 g/mol. The maximum Gasteiger partial charge on any atom is 0.225 e. The number of hydrogen-bond acceptors (Lipinski definition) is 2. The summed E-state index contributed by atoms with van der Waals surface area (Å²) < 4.78 is 0. The van der Waals surface area contributed by atoms with Crippen LogP contribution in [0.3, 0.4) is 0 Å². The molecule has 0 bridgehead atoms. The minimum absolute atomic E-state index is 0.121. The minimum atomic E-state index is 0.121. The van der Waals surface area contributed by atoms with Gasteiger partial charge in [0, 0.05) is 39.0 Å². The van der Waals surface area contributed by atoms with Gasteiger partial charge in [0.1, 0.15) is 0 Å². The van der Waals surface area contributed by atoms with Crippen LogP contribution in [0.15, 0.2) is 0 Å². The van der Waals surface area contributed by atoms with Gasteiger partial charge in [0.2, 0.25) is 11.8 Å². The van der Waals surface area contributed by atoms with Crippen LogP contribution >= 0.6 is 0 Å². The fraction of sp³-hybridized carbons (Fsp3) is 0.867. The zero-order valence-corrected chi connectivity index (χ0v) is 12.0. The highest BCUT2D eigenvalue weighted by atomic mass is 16.2. The van der Waals surface area contributed by atoms with E-state index in [0.717, 1.165) is 50.6 Å². The van der Waals surface area contributed by atoms with E-state index in [1.165, 1.54) is 6.42 Å². The molecule has 3 rings (SSSR count). The van der Waals surface area contributed by atoms with Crippen molar-refractivity contribution in [3.05, 3.63) is 0 Å². The first-order valence-electron chi connectivity index (χ1n) is 7.56. The standard InChI is InChI=1S/C15H24N2O2/c1-16(2)14(18)10-3-5-17(6-4-10)15(19)13-8-11-7-12(11)9-13/h10-13H,3-9H2,1-2H3. The molecule has 1 saturated heterocycles. The fourth-order valence-corrected chi connectivity index (χ4v) is 3.89. The average Bonchev–Trinajstić information content (AvgIpc) is 3.03. The van der Waals surface area contributed by atoms with E-state index in [0.29, 0.717) is 11.8 Å². The number of rotatable bonds is 2. The molecule has 2 unspecified atom stereocenters. The Kier molecular flexibility index (Phi) is 3.27. The molecule has 2 amide bonds. The lowest BCUT2D eigenvalue weighted by atomic mass is 9.93. The van der Waals surface area contributed by atoms with Crippen LogP contribution in [-0.2, 0) is 9.59 Å². The third kappa shape index (κ3) is 2.49. The van der Waals surface area contributed by atoms with Crippen molar-refractivity contribution < 1.29 is 9.59 Å². The largest absolute Gasteiger partial charge is 0.349 e. The highest BCUT2D eigenvalue weighted by molar-refractivity contribution is 5.81. The predicted octanol–water partition coefficient (Wildman–Crippen LogP) is 1.36. The Bertz CT molecular complexity index is 376. The van der Waals surface area contributed by atoms with Crippen LogP contribution in [0, 0.1) is 23.7 Å². The van der Waals surface area contributed by atoms with E-state index in [9.17, 15) is 9.59 Å². The summed E-state index contributed by atoms with van der Waals surface area (Å²) in [6.45, 7) is 1.55. The van der Waals surface area contributed by atoms with Crippen molar-refractivity contribution >= 4 is 11.8 Å². The van der Waals surface area contributed by atoms with Crippen LogP contribution in [-0.4, -0.2) is 48.8 Å². The Morgan fingerprint density at radius 3 is 2.05 bits per heavy atom. The van der Waals surface area contributed by atoms with E-state index in [2.05, 4.69) is 0 Å². The van der Waals surface area contributed by atoms with Crippen molar-refractivity contribution in [1.82, 2.24) is 9.80 Å². The molecule has 0 N–H and O–H groups in total. The molecule has 2 aliphatic carbocycles. The quantitative estimate of drug-likeness (QED) is 0.755. The van der Waals surface area contributed by atoms with E-state index >= 15 is 0 Å². The summed E-state index contributed by atoms with van der Waals surface area (Å²) in [6.07, 6.45) is 5.29. The van der Waals surface area contributed by atoms with Crippen molar-refractivity contribution in [2.45, 2.75) is 32.1 Å². The zero-order chi connectivity index (χ0) is 13.6. The Hall–Kier alpha value is -1.06. The summed E-state index contributed by atoms with van der Waals surface area (Å²) >= 11 is 0. The van der Waals surface area contributed by atoms with Crippen molar-refractivity contribution in [3.63, 3.8) is 0 Å². The molecule has 2 atom stereocenters. The lowest BCUT2D eigenvalue weighted by Gasteiger charge is -2.34. The van der Waals surface area contributed by atoms with Crippen LogP contribution in [0.4, 0.5) is 0 Å². The molecule has 1 heterocycles. The van der Waals surface area contributed by atoms with Gasteiger partial charge >= 0.3 is 0 Å². The number of piperidine rings is 1. The normalized spacial score (nSPS) is 34.0. The second kappa shape index (κ2) is 4.80. The van der Waals surface area contributed by atoms with Crippen LogP contribution < -0.4 is 0 Å². The van der Waals surface area contributed by atoms with E-state index in [1.54, 1.807) is 4.90 Å². The summed E-state index contributed by atoms with van der Waals surface area (Å²) in [5, 5.41) is 0. The van der Waals surface area contributed by atoms with Crippen LogP contribution in [0.5, 0.6) is 0 Å². The van der Waals surface area contributed by atoms with Gasteiger partial charge in [-0.05, 0) is 43.9 Å². The lowest BCUT2D eigenvalue weighted by molar-refractivity contribution is -0.141. The second-order valence-corrected chi connectivity index (χ2v) is 6.76. The lowest BCUT2D eigenvalue weighted by Crippen LogP contribution is -2.44. The number of hydrogen-bond donors (Lipinski definition) is 0. The van der Waals surface area contributed by atoms with Crippen molar-refractivity contribution in [3.8, 4) is 0 Å². The van der Waals surface area contributed by atoms with E-state index in [1.807, 2.05) is 19.0 Å². The number of carbonyl (C=O) groups excluding carboxylic acids is 2. The highest BCUT2D eigenvalue weighted by Gasteiger charge is 2.49. The summed E-state index contributed by atoms with van der Waals surface area (Å²) in [5.74, 6) is 2.72. The third-order valence-corrected chi connectivity index (χ3v) is 5.19. The number of fused-ring (bicyclic) bond motifs is 1. The molecular formula is C15H24N2O2. The molecule has 0 aromatic heterocycles. The van der Waals surface area contributed by atoms with Gasteiger partial charge in [0.15, 0.2) is 0 Å². The molecule has 4 heteroatoms. The number of nitrogens with zero attached hydrogens (tertiary/aromatic N) is 2. The van der Waals surface area contributed by atoms with E-state index < -0.39 is 0 Å².